The molecule has 2 heterocycles. The van der Waals surface area contributed by atoms with Crippen LogP contribution >= 0.6 is 11.6 Å². The number of carbonyl (C=O) groups is 3. The van der Waals surface area contributed by atoms with E-state index in [9.17, 15) is 22.8 Å². The van der Waals surface area contributed by atoms with E-state index in [-0.39, 0.29) is 36.1 Å². The highest BCUT2D eigenvalue weighted by Gasteiger charge is 2.43. The van der Waals surface area contributed by atoms with E-state index < -0.39 is 21.5 Å². The number of amides is 3. The van der Waals surface area contributed by atoms with Gasteiger partial charge in [-0.05, 0) is 35.6 Å². The van der Waals surface area contributed by atoms with Gasteiger partial charge in [0.25, 0.3) is 5.91 Å². The van der Waals surface area contributed by atoms with Crippen molar-refractivity contribution in [3.05, 3.63) is 70.9 Å². The zero-order chi connectivity index (χ0) is 30.7. The SMILES string of the molecule is CCCN(C(=O)CNS(=O)(=O)Cc1ccccc1Cl)C1CN(C(=O)[C@@H](NC(=O)c2cc3ccccc3[nH]2)C(C)(C)C)C1. The van der Waals surface area contributed by atoms with Gasteiger partial charge in [0, 0.05) is 35.6 Å². The number of carbonyl (C=O) groups excluding carboxylic acids is 3. The van der Waals surface area contributed by atoms with Gasteiger partial charge in [-0.3, -0.25) is 14.4 Å². The summed E-state index contributed by atoms with van der Waals surface area (Å²) in [5.41, 5.74) is 1.08. The largest absolute Gasteiger partial charge is 0.351 e. The van der Waals surface area contributed by atoms with Gasteiger partial charge in [0.15, 0.2) is 0 Å². The van der Waals surface area contributed by atoms with Crippen molar-refractivity contribution in [2.75, 3.05) is 26.2 Å². The van der Waals surface area contributed by atoms with Gasteiger partial charge in [-0.25, -0.2) is 13.1 Å². The molecule has 3 N–H and O–H groups in total. The third kappa shape index (κ3) is 7.50. The number of fused-ring (bicyclic) bond motifs is 1. The van der Waals surface area contributed by atoms with Crippen LogP contribution in [0.25, 0.3) is 10.9 Å². The molecule has 42 heavy (non-hydrogen) atoms. The molecule has 10 nitrogen and oxygen atoms in total. The fraction of sp³-hybridized carbons (Fsp3) is 0.433. The molecule has 1 fully saturated rings. The highest BCUT2D eigenvalue weighted by atomic mass is 35.5. The molecular formula is C30H38ClN5O5S. The third-order valence-corrected chi connectivity index (χ3v) is 8.95. The van der Waals surface area contributed by atoms with Crippen LogP contribution in [-0.2, 0) is 25.4 Å². The first-order valence-electron chi connectivity index (χ1n) is 14.0. The van der Waals surface area contributed by atoms with Gasteiger partial charge in [-0.2, -0.15) is 0 Å². The predicted octanol–water partition coefficient (Wildman–Crippen LogP) is 3.53. The van der Waals surface area contributed by atoms with Gasteiger partial charge in [-0.1, -0.05) is 75.7 Å². The minimum absolute atomic E-state index is 0.229. The zero-order valence-corrected chi connectivity index (χ0v) is 25.9. The number of para-hydroxylation sites is 1. The van der Waals surface area contributed by atoms with Gasteiger partial charge in [0.2, 0.25) is 21.8 Å². The van der Waals surface area contributed by atoms with Crippen molar-refractivity contribution in [1.82, 2.24) is 24.8 Å². The second-order valence-electron chi connectivity index (χ2n) is 11.7. The van der Waals surface area contributed by atoms with E-state index in [2.05, 4.69) is 15.0 Å². The molecule has 12 heteroatoms. The summed E-state index contributed by atoms with van der Waals surface area (Å²) in [5.74, 6) is -1.30. The molecule has 0 aliphatic carbocycles. The van der Waals surface area contributed by atoms with Crippen molar-refractivity contribution in [3.63, 3.8) is 0 Å². The summed E-state index contributed by atoms with van der Waals surface area (Å²) in [6, 6.07) is 14.9. The number of halogens is 1. The maximum atomic E-state index is 13.6. The number of hydrogen-bond acceptors (Lipinski definition) is 5. The van der Waals surface area contributed by atoms with Gasteiger partial charge < -0.3 is 20.1 Å². The van der Waals surface area contributed by atoms with Gasteiger partial charge >= 0.3 is 0 Å². The number of hydrogen-bond donors (Lipinski definition) is 3. The molecule has 0 bridgehead atoms. The number of H-pyrrole nitrogens is 1. The van der Waals surface area contributed by atoms with Crippen LogP contribution in [0.3, 0.4) is 0 Å². The lowest BCUT2D eigenvalue weighted by Crippen LogP contribution is -2.67. The fourth-order valence-corrected chi connectivity index (χ4v) is 6.35. The molecule has 1 atom stereocenters. The molecule has 226 valence electrons. The summed E-state index contributed by atoms with van der Waals surface area (Å²) in [7, 11) is -3.80. The summed E-state index contributed by atoms with van der Waals surface area (Å²) < 4.78 is 27.6. The van der Waals surface area contributed by atoms with Crippen LogP contribution in [-0.4, -0.2) is 79.2 Å². The molecule has 1 aliphatic heterocycles. The molecular weight excluding hydrogens is 578 g/mol. The van der Waals surface area contributed by atoms with Gasteiger partial charge in [-0.15, -0.1) is 0 Å². The quantitative estimate of drug-likeness (QED) is 0.304. The van der Waals surface area contributed by atoms with E-state index >= 15 is 0 Å². The Hall–Kier alpha value is -3.41. The Morgan fingerprint density at radius 3 is 2.40 bits per heavy atom. The molecule has 2 aromatic carbocycles. The summed E-state index contributed by atoms with van der Waals surface area (Å²) in [6.45, 7) is 8.23. The van der Waals surface area contributed by atoms with E-state index in [0.717, 1.165) is 10.9 Å². The van der Waals surface area contributed by atoms with Crippen LogP contribution in [0.4, 0.5) is 0 Å². The molecule has 3 aromatic rings. The lowest BCUT2D eigenvalue weighted by atomic mass is 9.84. The van der Waals surface area contributed by atoms with Crippen molar-refractivity contribution < 1.29 is 22.8 Å². The van der Waals surface area contributed by atoms with Crippen LogP contribution in [0.5, 0.6) is 0 Å². The molecule has 0 saturated carbocycles. The lowest BCUT2D eigenvalue weighted by Gasteiger charge is -2.47. The van der Waals surface area contributed by atoms with E-state index in [1.165, 1.54) is 0 Å². The topological polar surface area (TPSA) is 132 Å². The lowest BCUT2D eigenvalue weighted by molar-refractivity contribution is -0.149. The summed E-state index contributed by atoms with van der Waals surface area (Å²) in [5, 5.41) is 4.15. The minimum atomic E-state index is -3.80. The zero-order valence-electron chi connectivity index (χ0n) is 24.3. The van der Waals surface area contributed by atoms with E-state index in [1.807, 2.05) is 52.0 Å². The Morgan fingerprint density at radius 1 is 1.10 bits per heavy atom. The van der Waals surface area contributed by atoms with Gasteiger partial charge in [0.05, 0.1) is 18.3 Å². The number of likely N-dealkylation sites (tertiary alicyclic amines) is 1. The number of nitrogens with one attached hydrogen (secondary N) is 3. The first kappa shape index (κ1) is 31.5. The monoisotopic (exact) mass is 615 g/mol. The van der Waals surface area contributed by atoms with Crippen molar-refractivity contribution in [2.45, 2.75) is 52.0 Å². The predicted molar refractivity (Wildman–Crippen MR) is 163 cm³/mol. The van der Waals surface area contributed by atoms with Crippen LogP contribution in [0, 0.1) is 5.41 Å². The first-order chi connectivity index (χ1) is 19.8. The normalized spacial score (nSPS) is 14.8. The smallest absolute Gasteiger partial charge is 0.268 e. The molecule has 3 amide bonds. The number of nitrogens with zero attached hydrogens (tertiary/aromatic N) is 2. The maximum absolute atomic E-state index is 13.6. The molecule has 0 unspecified atom stereocenters. The molecule has 0 spiro atoms. The number of aromatic amines is 1. The summed E-state index contributed by atoms with van der Waals surface area (Å²) >= 11 is 6.09. The third-order valence-electron chi connectivity index (χ3n) is 7.31. The maximum Gasteiger partial charge on any atom is 0.268 e. The average Bonchev–Trinajstić information content (AvgIpc) is 3.34. The van der Waals surface area contributed by atoms with Crippen LogP contribution in [0.2, 0.25) is 5.02 Å². The van der Waals surface area contributed by atoms with Crippen molar-refractivity contribution in [1.29, 1.82) is 0 Å². The molecule has 1 saturated heterocycles. The van der Waals surface area contributed by atoms with Crippen LogP contribution in [0.1, 0.15) is 50.2 Å². The number of benzene rings is 2. The molecule has 4 rings (SSSR count). The molecule has 0 radical (unpaired) electrons. The Kier molecular flexibility index (Phi) is 9.64. The number of rotatable bonds is 11. The number of aromatic nitrogens is 1. The van der Waals surface area contributed by atoms with Crippen LogP contribution in [0.15, 0.2) is 54.6 Å². The molecule has 1 aliphatic rings. The number of sulfonamides is 1. The second kappa shape index (κ2) is 12.8. The Balaban J connectivity index is 1.36. The molecule has 1 aromatic heterocycles. The Labute approximate surface area is 251 Å². The van der Waals surface area contributed by atoms with Gasteiger partial charge in [0.1, 0.15) is 11.7 Å². The Bertz CT molecular complexity index is 1530. The first-order valence-corrected chi connectivity index (χ1v) is 16.0. The van der Waals surface area contributed by atoms with Crippen molar-refractivity contribution >= 4 is 50.2 Å². The van der Waals surface area contributed by atoms with E-state index in [0.29, 0.717) is 42.3 Å². The minimum Gasteiger partial charge on any atom is -0.351 e. The fourth-order valence-electron chi connectivity index (χ4n) is 4.96. The van der Waals surface area contributed by atoms with E-state index in [4.69, 9.17) is 11.6 Å². The second-order valence-corrected chi connectivity index (χ2v) is 13.9. The standard InChI is InChI=1S/C30H38ClN5O5S/c1-5-14-36(26(37)16-32-42(40,41)19-21-11-6-8-12-23(21)31)22-17-35(18-22)29(39)27(30(2,3)4)34-28(38)25-15-20-10-7-9-13-24(20)33-25/h6-13,15,22,27,32-33H,5,14,16-19H2,1-4H3,(H,34,38)/t27-/m1/s1. The highest BCUT2D eigenvalue weighted by Crippen LogP contribution is 2.26. The highest BCUT2D eigenvalue weighted by molar-refractivity contribution is 7.88. The summed E-state index contributed by atoms with van der Waals surface area (Å²) in [4.78, 5) is 46.1. The average molecular weight is 616 g/mol. The van der Waals surface area contributed by atoms with Crippen LogP contribution < -0.4 is 10.0 Å². The van der Waals surface area contributed by atoms with Crippen molar-refractivity contribution in [3.8, 4) is 0 Å². The van der Waals surface area contributed by atoms with Crippen molar-refractivity contribution in [2.24, 2.45) is 5.41 Å². The Morgan fingerprint density at radius 2 is 1.76 bits per heavy atom. The van der Waals surface area contributed by atoms with E-state index in [1.54, 1.807) is 40.1 Å². The summed E-state index contributed by atoms with van der Waals surface area (Å²) in [6.07, 6.45) is 0.674.